The first-order valence-electron chi connectivity index (χ1n) is 6.47. The van der Waals surface area contributed by atoms with Crippen molar-refractivity contribution in [1.82, 2.24) is 5.32 Å². The molecule has 0 atom stereocenters. The van der Waals surface area contributed by atoms with E-state index in [1.165, 1.54) is 24.0 Å². The minimum atomic E-state index is 0.307. The van der Waals surface area contributed by atoms with Crippen molar-refractivity contribution in [2.45, 2.75) is 46.0 Å². The molecule has 0 unspecified atom stereocenters. The van der Waals surface area contributed by atoms with Gasteiger partial charge >= 0.3 is 0 Å². The van der Waals surface area contributed by atoms with E-state index in [9.17, 15) is 0 Å². The molecule has 1 nitrogen and oxygen atoms in total. The summed E-state index contributed by atoms with van der Waals surface area (Å²) in [5.74, 6) is 0. The van der Waals surface area contributed by atoms with Gasteiger partial charge in [-0.2, -0.15) is 0 Å². The van der Waals surface area contributed by atoms with Crippen LogP contribution in [0.1, 0.15) is 44.7 Å². The summed E-state index contributed by atoms with van der Waals surface area (Å²) in [6, 6.07) is 8.80. The Morgan fingerprint density at radius 3 is 2.19 bits per heavy atom. The van der Waals surface area contributed by atoms with Crippen molar-refractivity contribution in [3.8, 4) is 0 Å². The Morgan fingerprint density at radius 2 is 1.69 bits per heavy atom. The van der Waals surface area contributed by atoms with E-state index in [1.54, 1.807) is 0 Å². The van der Waals surface area contributed by atoms with Crippen molar-refractivity contribution in [2.24, 2.45) is 0 Å². The van der Waals surface area contributed by atoms with E-state index in [-0.39, 0.29) is 0 Å². The van der Waals surface area contributed by atoms with Gasteiger partial charge in [0.1, 0.15) is 0 Å². The van der Waals surface area contributed by atoms with E-state index in [4.69, 9.17) is 0 Å². The van der Waals surface area contributed by atoms with Gasteiger partial charge < -0.3 is 5.32 Å². The van der Waals surface area contributed by atoms with Crippen molar-refractivity contribution in [2.75, 3.05) is 13.1 Å². The van der Waals surface area contributed by atoms with Crippen LogP contribution in [0.25, 0.3) is 0 Å². The molecular weight excluding hydrogens is 194 g/mol. The Labute approximate surface area is 100 Å². The fourth-order valence-corrected chi connectivity index (χ4v) is 2.51. The number of likely N-dealkylation sites (N-methyl/N-ethyl adjacent to an activating group) is 1. The van der Waals surface area contributed by atoms with E-state index in [0.29, 0.717) is 5.41 Å². The molecule has 1 aromatic carbocycles. The molecule has 1 heteroatoms. The van der Waals surface area contributed by atoms with Crippen LogP contribution in [0.5, 0.6) is 0 Å². The van der Waals surface area contributed by atoms with Crippen molar-refractivity contribution < 1.29 is 0 Å². The SMILES string of the molecule is CCNCC(CC)(CC)c1ccccc1C. The monoisotopic (exact) mass is 219 g/mol. The fourth-order valence-electron chi connectivity index (χ4n) is 2.51. The minimum Gasteiger partial charge on any atom is -0.316 e. The smallest absolute Gasteiger partial charge is 0.00751 e. The first-order chi connectivity index (χ1) is 7.70. The predicted octanol–water partition coefficient (Wildman–Crippen LogP) is 3.66. The Bertz CT molecular complexity index is 313. The van der Waals surface area contributed by atoms with Gasteiger partial charge in [-0.1, -0.05) is 45.0 Å². The van der Waals surface area contributed by atoms with E-state index < -0.39 is 0 Å². The predicted molar refractivity (Wildman–Crippen MR) is 72.0 cm³/mol. The third-order valence-corrected chi connectivity index (χ3v) is 3.78. The summed E-state index contributed by atoms with van der Waals surface area (Å²) in [4.78, 5) is 0. The highest BCUT2D eigenvalue weighted by Gasteiger charge is 2.28. The molecule has 16 heavy (non-hydrogen) atoms. The molecule has 0 heterocycles. The van der Waals surface area contributed by atoms with E-state index >= 15 is 0 Å². The number of rotatable bonds is 6. The summed E-state index contributed by atoms with van der Waals surface area (Å²) < 4.78 is 0. The van der Waals surface area contributed by atoms with E-state index in [2.05, 4.69) is 57.3 Å². The van der Waals surface area contributed by atoms with Gasteiger partial charge in [0.05, 0.1) is 0 Å². The van der Waals surface area contributed by atoms with Crippen LogP contribution in [0.15, 0.2) is 24.3 Å². The molecule has 0 radical (unpaired) electrons. The molecule has 0 fully saturated rings. The summed E-state index contributed by atoms with van der Waals surface area (Å²) in [6.45, 7) is 11.1. The summed E-state index contributed by atoms with van der Waals surface area (Å²) in [5.41, 5.74) is 3.24. The maximum Gasteiger partial charge on any atom is 0.00751 e. The van der Waals surface area contributed by atoms with Gasteiger partial charge in [-0.3, -0.25) is 0 Å². The molecule has 0 spiro atoms. The van der Waals surface area contributed by atoms with Gasteiger partial charge in [-0.25, -0.2) is 0 Å². The van der Waals surface area contributed by atoms with Crippen LogP contribution in [-0.2, 0) is 5.41 Å². The van der Waals surface area contributed by atoms with E-state index in [1.807, 2.05) is 0 Å². The lowest BCUT2D eigenvalue weighted by Crippen LogP contribution is -2.37. The number of nitrogens with one attached hydrogen (secondary N) is 1. The summed E-state index contributed by atoms with van der Waals surface area (Å²) >= 11 is 0. The average molecular weight is 219 g/mol. The minimum absolute atomic E-state index is 0.307. The van der Waals surface area contributed by atoms with Gasteiger partial charge in [0.25, 0.3) is 0 Å². The van der Waals surface area contributed by atoms with Gasteiger partial charge in [0.15, 0.2) is 0 Å². The largest absolute Gasteiger partial charge is 0.316 e. The zero-order valence-corrected chi connectivity index (χ0v) is 11.1. The Balaban J connectivity index is 3.05. The van der Waals surface area contributed by atoms with E-state index in [0.717, 1.165) is 13.1 Å². The highest BCUT2D eigenvalue weighted by molar-refractivity contribution is 5.33. The molecular formula is C15H25N. The molecule has 0 aromatic heterocycles. The zero-order valence-electron chi connectivity index (χ0n) is 11.1. The molecule has 0 amide bonds. The Morgan fingerprint density at radius 1 is 1.06 bits per heavy atom. The van der Waals surface area contributed by atoms with Crippen molar-refractivity contribution in [3.05, 3.63) is 35.4 Å². The first kappa shape index (κ1) is 13.2. The molecule has 1 aromatic rings. The Kier molecular flexibility index (Phi) is 5.01. The number of benzene rings is 1. The average Bonchev–Trinajstić information content (AvgIpc) is 2.33. The van der Waals surface area contributed by atoms with Crippen LogP contribution >= 0.6 is 0 Å². The third-order valence-electron chi connectivity index (χ3n) is 3.78. The maximum absolute atomic E-state index is 3.52. The molecule has 0 saturated carbocycles. The van der Waals surface area contributed by atoms with Crippen LogP contribution in [0, 0.1) is 6.92 Å². The fraction of sp³-hybridized carbons (Fsp3) is 0.600. The molecule has 0 aliphatic heterocycles. The van der Waals surface area contributed by atoms with Gasteiger partial charge in [0.2, 0.25) is 0 Å². The molecule has 0 bridgehead atoms. The number of hydrogen-bond donors (Lipinski definition) is 1. The first-order valence-corrected chi connectivity index (χ1v) is 6.47. The van der Waals surface area contributed by atoms with Crippen molar-refractivity contribution >= 4 is 0 Å². The third kappa shape index (κ3) is 2.65. The van der Waals surface area contributed by atoms with Crippen LogP contribution < -0.4 is 5.32 Å². The van der Waals surface area contributed by atoms with Gasteiger partial charge in [0, 0.05) is 12.0 Å². The Hall–Kier alpha value is -0.820. The summed E-state index contributed by atoms with van der Waals surface area (Å²) in [7, 11) is 0. The number of aryl methyl sites for hydroxylation is 1. The molecule has 1 rings (SSSR count). The van der Waals surface area contributed by atoms with Gasteiger partial charge in [-0.05, 0) is 37.4 Å². The second-order valence-electron chi connectivity index (χ2n) is 4.58. The lowest BCUT2D eigenvalue weighted by molar-refractivity contribution is 0.370. The number of hydrogen-bond acceptors (Lipinski definition) is 1. The highest BCUT2D eigenvalue weighted by atomic mass is 14.9. The zero-order chi connectivity index (χ0) is 12.0. The molecule has 1 N–H and O–H groups in total. The second-order valence-corrected chi connectivity index (χ2v) is 4.58. The molecule has 0 saturated heterocycles. The summed E-state index contributed by atoms with van der Waals surface area (Å²) in [6.07, 6.45) is 2.39. The highest BCUT2D eigenvalue weighted by Crippen LogP contribution is 2.33. The van der Waals surface area contributed by atoms with Crippen molar-refractivity contribution in [1.29, 1.82) is 0 Å². The summed E-state index contributed by atoms with van der Waals surface area (Å²) in [5, 5.41) is 3.52. The van der Waals surface area contributed by atoms with Crippen LogP contribution in [0.2, 0.25) is 0 Å². The quantitative estimate of drug-likeness (QED) is 0.770. The maximum atomic E-state index is 3.52. The normalized spacial score (nSPS) is 11.8. The van der Waals surface area contributed by atoms with Crippen LogP contribution in [0.3, 0.4) is 0 Å². The molecule has 0 aliphatic carbocycles. The standard InChI is InChI=1S/C15H25N/c1-5-15(6-2,12-16-7-3)14-11-9-8-10-13(14)4/h8-11,16H,5-7,12H2,1-4H3. The molecule has 0 aliphatic rings. The van der Waals surface area contributed by atoms with Crippen LogP contribution in [-0.4, -0.2) is 13.1 Å². The van der Waals surface area contributed by atoms with Crippen molar-refractivity contribution in [3.63, 3.8) is 0 Å². The lowest BCUT2D eigenvalue weighted by atomic mass is 9.74. The lowest BCUT2D eigenvalue weighted by Gasteiger charge is -2.34. The molecule has 90 valence electrons. The van der Waals surface area contributed by atoms with Crippen LogP contribution in [0.4, 0.5) is 0 Å². The topological polar surface area (TPSA) is 12.0 Å². The van der Waals surface area contributed by atoms with Gasteiger partial charge in [-0.15, -0.1) is 0 Å². The second kappa shape index (κ2) is 6.05.